The molecule has 5 heteroatoms. The molecule has 1 amide bonds. The van der Waals surface area contributed by atoms with Gasteiger partial charge in [-0.2, -0.15) is 5.26 Å². The van der Waals surface area contributed by atoms with Crippen LogP contribution < -0.4 is 0 Å². The van der Waals surface area contributed by atoms with Crippen molar-refractivity contribution >= 4 is 17.7 Å². The molecule has 2 aromatic rings. The van der Waals surface area contributed by atoms with E-state index in [9.17, 15) is 4.79 Å². The van der Waals surface area contributed by atoms with Gasteiger partial charge in [0.05, 0.1) is 12.5 Å². The van der Waals surface area contributed by atoms with E-state index in [-0.39, 0.29) is 5.91 Å². The summed E-state index contributed by atoms with van der Waals surface area (Å²) in [4.78, 5) is 19.8. The molecule has 25 heavy (non-hydrogen) atoms. The zero-order valence-corrected chi connectivity index (χ0v) is 15.5. The van der Waals surface area contributed by atoms with E-state index in [1.807, 2.05) is 42.5 Å². The average molecular weight is 353 g/mol. The molecule has 0 unspecified atom stereocenters. The molecule has 0 aliphatic carbocycles. The summed E-state index contributed by atoms with van der Waals surface area (Å²) in [7, 11) is 0. The molecule has 0 saturated carbocycles. The minimum absolute atomic E-state index is 0.00899. The summed E-state index contributed by atoms with van der Waals surface area (Å²) < 4.78 is 0. The lowest BCUT2D eigenvalue weighted by Crippen LogP contribution is -2.33. The van der Waals surface area contributed by atoms with Crippen LogP contribution in [0.1, 0.15) is 37.0 Å². The molecule has 1 aromatic heterocycles. The second kappa shape index (κ2) is 9.85. The lowest BCUT2D eigenvalue weighted by molar-refractivity contribution is 0.0752. The van der Waals surface area contributed by atoms with E-state index in [1.54, 1.807) is 22.9 Å². The molecule has 0 aliphatic rings. The Morgan fingerprint density at radius 3 is 2.56 bits per heavy atom. The number of amides is 1. The van der Waals surface area contributed by atoms with Crippen LogP contribution in [-0.2, 0) is 0 Å². The van der Waals surface area contributed by atoms with Gasteiger partial charge in [0.15, 0.2) is 0 Å². The standard InChI is InChI=1S/C20H23N3OS/c1-16(2)11-15-23(14-5-12-21)20(24)17-7-9-18(10-8-17)25-19-6-3-4-13-22-19/h3-4,6-10,13,16H,5,11,14-15H2,1-2H3. The lowest BCUT2D eigenvalue weighted by atomic mass is 10.1. The van der Waals surface area contributed by atoms with Crippen molar-refractivity contribution in [1.82, 2.24) is 9.88 Å². The number of nitrogens with zero attached hydrogens (tertiary/aromatic N) is 3. The highest BCUT2D eigenvalue weighted by Gasteiger charge is 2.16. The lowest BCUT2D eigenvalue weighted by Gasteiger charge is -2.22. The Hall–Kier alpha value is -2.32. The van der Waals surface area contributed by atoms with Crippen molar-refractivity contribution in [2.24, 2.45) is 5.92 Å². The minimum Gasteiger partial charge on any atom is -0.338 e. The monoisotopic (exact) mass is 353 g/mol. The summed E-state index contributed by atoms with van der Waals surface area (Å²) in [6, 6.07) is 15.5. The number of benzene rings is 1. The Kier molecular flexibility index (Phi) is 7.49. The summed E-state index contributed by atoms with van der Waals surface area (Å²) >= 11 is 1.57. The maximum absolute atomic E-state index is 12.7. The first-order chi connectivity index (χ1) is 12.1. The normalized spacial score (nSPS) is 10.5. The van der Waals surface area contributed by atoms with Gasteiger partial charge in [-0.05, 0) is 48.7 Å². The maximum Gasteiger partial charge on any atom is 0.253 e. The summed E-state index contributed by atoms with van der Waals surface area (Å²) in [6.07, 6.45) is 3.06. The summed E-state index contributed by atoms with van der Waals surface area (Å²) in [5, 5.41) is 9.75. The van der Waals surface area contributed by atoms with E-state index >= 15 is 0 Å². The zero-order chi connectivity index (χ0) is 18.1. The molecule has 0 bridgehead atoms. The second-order valence-electron chi connectivity index (χ2n) is 6.18. The van der Waals surface area contributed by atoms with Crippen molar-refractivity contribution in [2.75, 3.05) is 13.1 Å². The summed E-state index contributed by atoms with van der Waals surface area (Å²) in [6.45, 7) is 5.43. The number of hydrogen-bond acceptors (Lipinski definition) is 4. The molecule has 0 atom stereocenters. The van der Waals surface area contributed by atoms with E-state index in [0.29, 0.717) is 31.0 Å². The third-order valence-corrected chi connectivity index (χ3v) is 4.68. The van der Waals surface area contributed by atoms with Crippen molar-refractivity contribution in [2.45, 2.75) is 36.6 Å². The quantitative estimate of drug-likeness (QED) is 0.694. The number of nitriles is 1. The fraction of sp³-hybridized carbons (Fsp3) is 0.350. The first-order valence-corrected chi connectivity index (χ1v) is 9.27. The van der Waals surface area contributed by atoms with Crippen LogP contribution in [0.5, 0.6) is 0 Å². The number of carbonyl (C=O) groups excluding carboxylic acids is 1. The Labute approximate surface area is 153 Å². The second-order valence-corrected chi connectivity index (χ2v) is 7.27. The molecule has 0 aliphatic heterocycles. The third kappa shape index (κ3) is 6.24. The third-order valence-electron chi connectivity index (χ3n) is 3.72. The highest BCUT2D eigenvalue weighted by Crippen LogP contribution is 2.26. The minimum atomic E-state index is -0.00899. The predicted molar refractivity (Wildman–Crippen MR) is 100 cm³/mol. The van der Waals surface area contributed by atoms with Gasteiger partial charge in [-0.25, -0.2) is 4.98 Å². The number of carbonyl (C=O) groups is 1. The summed E-state index contributed by atoms with van der Waals surface area (Å²) in [5.74, 6) is 0.514. The van der Waals surface area contributed by atoms with E-state index in [2.05, 4.69) is 24.9 Å². The number of rotatable bonds is 8. The maximum atomic E-state index is 12.7. The van der Waals surface area contributed by atoms with Crippen molar-refractivity contribution in [1.29, 1.82) is 5.26 Å². The topological polar surface area (TPSA) is 57.0 Å². The number of hydrogen-bond donors (Lipinski definition) is 0. The Morgan fingerprint density at radius 1 is 1.20 bits per heavy atom. The zero-order valence-electron chi connectivity index (χ0n) is 14.7. The van der Waals surface area contributed by atoms with Crippen molar-refractivity contribution < 1.29 is 4.79 Å². The SMILES string of the molecule is CC(C)CCN(CCC#N)C(=O)c1ccc(Sc2ccccn2)cc1. The number of aromatic nitrogens is 1. The fourth-order valence-electron chi connectivity index (χ4n) is 2.29. The average Bonchev–Trinajstić information content (AvgIpc) is 2.62. The molecule has 2 rings (SSSR count). The molecule has 0 N–H and O–H groups in total. The van der Waals surface area contributed by atoms with Crippen LogP contribution in [0.25, 0.3) is 0 Å². The molecule has 1 aromatic carbocycles. The van der Waals surface area contributed by atoms with Crippen molar-refractivity contribution in [3.05, 3.63) is 54.2 Å². The van der Waals surface area contributed by atoms with E-state index in [1.165, 1.54) is 0 Å². The van der Waals surface area contributed by atoms with Gasteiger partial charge < -0.3 is 4.90 Å². The van der Waals surface area contributed by atoms with Crippen LogP contribution in [0.3, 0.4) is 0 Å². The molecule has 1 heterocycles. The van der Waals surface area contributed by atoms with Gasteiger partial charge in [0, 0.05) is 29.7 Å². The molecule has 0 radical (unpaired) electrons. The Morgan fingerprint density at radius 2 is 1.96 bits per heavy atom. The van der Waals surface area contributed by atoms with E-state index < -0.39 is 0 Å². The highest BCUT2D eigenvalue weighted by atomic mass is 32.2. The molecule has 4 nitrogen and oxygen atoms in total. The molecule has 0 saturated heterocycles. The van der Waals surface area contributed by atoms with Crippen LogP contribution in [0.2, 0.25) is 0 Å². The van der Waals surface area contributed by atoms with E-state index in [4.69, 9.17) is 5.26 Å². The fourth-order valence-corrected chi connectivity index (χ4v) is 3.06. The smallest absolute Gasteiger partial charge is 0.253 e. The molecule has 0 spiro atoms. The van der Waals surface area contributed by atoms with Crippen LogP contribution >= 0.6 is 11.8 Å². The van der Waals surface area contributed by atoms with Gasteiger partial charge in [-0.3, -0.25) is 4.79 Å². The molecular weight excluding hydrogens is 330 g/mol. The van der Waals surface area contributed by atoms with Crippen molar-refractivity contribution in [3.63, 3.8) is 0 Å². The van der Waals surface area contributed by atoms with Gasteiger partial charge in [-0.1, -0.05) is 31.7 Å². The van der Waals surface area contributed by atoms with Gasteiger partial charge in [0.25, 0.3) is 5.91 Å². The predicted octanol–water partition coefficient (Wildman–Crippen LogP) is 4.63. The van der Waals surface area contributed by atoms with Gasteiger partial charge in [0.2, 0.25) is 0 Å². The van der Waals surface area contributed by atoms with Crippen LogP contribution in [-0.4, -0.2) is 28.9 Å². The first kappa shape index (κ1) is 19.0. The van der Waals surface area contributed by atoms with Gasteiger partial charge >= 0.3 is 0 Å². The Balaban J connectivity index is 2.04. The van der Waals surface area contributed by atoms with Gasteiger partial charge in [0.1, 0.15) is 5.03 Å². The highest BCUT2D eigenvalue weighted by molar-refractivity contribution is 7.99. The van der Waals surface area contributed by atoms with Crippen LogP contribution in [0.4, 0.5) is 0 Å². The van der Waals surface area contributed by atoms with Crippen LogP contribution in [0.15, 0.2) is 58.6 Å². The molecule has 130 valence electrons. The number of pyridine rings is 1. The van der Waals surface area contributed by atoms with Gasteiger partial charge in [-0.15, -0.1) is 0 Å². The van der Waals surface area contributed by atoms with E-state index in [0.717, 1.165) is 16.3 Å². The van der Waals surface area contributed by atoms with Crippen molar-refractivity contribution in [3.8, 4) is 6.07 Å². The first-order valence-electron chi connectivity index (χ1n) is 8.45. The molecular formula is C20H23N3OS. The largest absolute Gasteiger partial charge is 0.338 e. The van der Waals surface area contributed by atoms with Crippen LogP contribution in [0, 0.1) is 17.2 Å². The molecule has 0 fully saturated rings. The Bertz CT molecular complexity index is 708. The summed E-state index contributed by atoms with van der Waals surface area (Å²) in [5.41, 5.74) is 0.659.